The van der Waals surface area contributed by atoms with Crippen molar-refractivity contribution >= 4 is 11.8 Å². The van der Waals surface area contributed by atoms with Crippen LogP contribution in [0.5, 0.6) is 0 Å². The third-order valence-corrected chi connectivity index (χ3v) is 7.34. The molecule has 2 aliphatic heterocycles. The Balaban J connectivity index is 1.29. The molecule has 2 aromatic rings. The molecule has 7 heteroatoms. The fourth-order valence-electron chi connectivity index (χ4n) is 5.53. The van der Waals surface area contributed by atoms with Crippen LogP contribution >= 0.6 is 0 Å². The average molecular weight is 437 g/mol. The summed E-state index contributed by atoms with van der Waals surface area (Å²) in [5.41, 5.74) is 11.0. The number of hydrogen-bond donors (Lipinski definition) is 1. The average Bonchev–Trinajstić information content (AvgIpc) is 3.28. The summed E-state index contributed by atoms with van der Waals surface area (Å²) < 4.78 is 10.4. The van der Waals surface area contributed by atoms with Crippen LogP contribution in [0.25, 0.3) is 11.1 Å². The van der Waals surface area contributed by atoms with E-state index in [0.717, 1.165) is 56.9 Å². The molecule has 1 aromatic carbocycles. The number of esters is 1. The predicted octanol–water partition coefficient (Wildman–Crippen LogP) is 2.90. The van der Waals surface area contributed by atoms with E-state index in [-0.39, 0.29) is 5.82 Å². The highest BCUT2D eigenvalue weighted by molar-refractivity contribution is 5.95. The molecule has 3 heterocycles. The minimum atomic E-state index is -0.460. The number of benzene rings is 1. The highest BCUT2D eigenvalue weighted by Crippen LogP contribution is 2.38. The summed E-state index contributed by atoms with van der Waals surface area (Å²) in [7, 11) is 1.35. The van der Waals surface area contributed by atoms with Gasteiger partial charge in [0.15, 0.2) is 0 Å². The lowest BCUT2D eigenvalue weighted by molar-refractivity contribution is 0.00623. The van der Waals surface area contributed by atoms with E-state index >= 15 is 0 Å². The number of anilines is 1. The van der Waals surface area contributed by atoms with Crippen LogP contribution in [-0.4, -0.2) is 73.3 Å². The van der Waals surface area contributed by atoms with Crippen LogP contribution in [-0.2, 0) is 15.9 Å². The van der Waals surface area contributed by atoms with Crippen LogP contribution in [0.2, 0.25) is 0 Å². The van der Waals surface area contributed by atoms with Gasteiger partial charge in [0.25, 0.3) is 0 Å². The first-order valence-corrected chi connectivity index (χ1v) is 11.7. The predicted molar refractivity (Wildman–Crippen MR) is 123 cm³/mol. The molecule has 1 aromatic heterocycles. The Morgan fingerprint density at radius 1 is 1.06 bits per heavy atom. The van der Waals surface area contributed by atoms with E-state index in [1.165, 1.54) is 37.5 Å². The van der Waals surface area contributed by atoms with Crippen LogP contribution < -0.4 is 5.73 Å². The van der Waals surface area contributed by atoms with E-state index in [0.29, 0.717) is 17.6 Å². The number of nitrogen functional groups attached to an aromatic ring is 1. The van der Waals surface area contributed by atoms with Crippen LogP contribution in [0.1, 0.15) is 46.8 Å². The Morgan fingerprint density at radius 3 is 2.56 bits per heavy atom. The third-order valence-electron chi connectivity index (χ3n) is 7.34. The molecule has 170 valence electrons. The Bertz CT molecular complexity index is 981. The molecule has 3 aliphatic rings. The zero-order chi connectivity index (χ0) is 22.1. The van der Waals surface area contributed by atoms with E-state index < -0.39 is 5.97 Å². The van der Waals surface area contributed by atoms with Gasteiger partial charge < -0.3 is 15.2 Å². The summed E-state index contributed by atoms with van der Waals surface area (Å²) >= 11 is 0. The summed E-state index contributed by atoms with van der Waals surface area (Å²) in [6.45, 7) is 6.40. The van der Waals surface area contributed by atoms with Crippen molar-refractivity contribution in [2.45, 2.75) is 37.8 Å². The zero-order valence-corrected chi connectivity index (χ0v) is 18.8. The first-order chi connectivity index (χ1) is 15.6. The number of piperazine rings is 1. The van der Waals surface area contributed by atoms with Crippen molar-refractivity contribution < 1.29 is 14.3 Å². The van der Waals surface area contributed by atoms with Crippen molar-refractivity contribution in [3.63, 3.8) is 0 Å². The quantitative estimate of drug-likeness (QED) is 0.738. The van der Waals surface area contributed by atoms with E-state index in [2.05, 4.69) is 33.0 Å². The Labute approximate surface area is 189 Å². The maximum atomic E-state index is 12.0. The lowest BCUT2D eigenvalue weighted by Gasteiger charge is -2.42. The molecule has 5 rings (SSSR count). The van der Waals surface area contributed by atoms with Gasteiger partial charge in [-0.25, -0.2) is 9.78 Å². The van der Waals surface area contributed by atoms with Gasteiger partial charge >= 0.3 is 5.97 Å². The van der Waals surface area contributed by atoms with E-state index in [9.17, 15) is 4.79 Å². The Hall–Kier alpha value is -2.48. The van der Waals surface area contributed by atoms with Gasteiger partial charge in [-0.3, -0.25) is 9.80 Å². The fourth-order valence-corrected chi connectivity index (χ4v) is 5.53. The number of carbonyl (C=O) groups excluding carboxylic acids is 1. The van der Waals surface area contributed by atoms with Crippen molar-refractivity contribution in [3.8, 4) is 11.1 Å². The second-order valence-electron chi connectivity index (χ2n) is 9.03. The van der Waals surface area contributed by atoms with Gasteiger partial charge in [-0.05, 0) is 48.4 Å². The van der Waals surface area contributed by atoms with Crippen LogP contribution in [0.15, 0.2) is 30.5 Å². The summed E-state index contributed by atoms with van der Waals surface area (Å²) in [5.74, 6) is -0.264. The largest absolute Gasteiger partial charge is 0.465 e. The second kappa shape index (κ2) is 9.17. The molecule has 0 radical (unpaired) electrons. The molecule has 0 spiro atoms. The molecular formula is C25H32N4O3. The van der Waals surface area contributed by atoms with Crippen LogP contribution in [0, 0.1) is 0 Å². The number of ether oxygens (including phenoxy) is 2. The molecule has 32 heavy (non-hydrogen) atoms. The number of hydrogen-bond acceptors (Lipinski definition) is 7. The first kappa shape index (κ1) is 21.4. The molecule has 0 bridgehead atoms. The fraction of sp³-hybridized carbons (Fsp3) is 0.520. The van der Waals surface area contributed by atoms with Gasteiger partial charge in [0, 0.05) is 63.2 Å². The maximum absolute atomic E-state index is 12.0. The summed E-state index contributed by atoms with van der Waals surface area (Å²) in [6, 6.07) is 9.64. The van der Waals surface area contributed by atoms with Gasteiger partial charge in [0.2, 0.25) is 0 Å². The van der Waals surface area contributed by atoms with Gasteiger partial charge in [-0.15, -0.1) is 0 Å². The van der Waals surface area contributed by atoms with Crippen molar-refractivity contribution in [1.29, 1.82) is 0 Å². The summed E-state index contributed by atoms with van der Waals surface area (Å²) in [4.78, 5) is 21.5. The number of nitrogens with zero attached hydrogens (tertiary/aromatic N) is 3. The number of aromatic nitrogens is 1. The third kappa shape index (κ3) is 4.12. The highest BCUT2D eigenvalue weighted by Gasteiger charge is 2.32. The minimum absolute atomic E-state index is 0.196. The van der Waals surface area contributed by atoms with E-state index in [4.69, 9.17) is 15.2 Å². The lowest BCUT2D eigenvalue weighted by Crippen LogP contribution is -2.52. The molecule has 1 unspecified atom stereocenters. The number of rotatable bonds is 4. The summed E-state index contributed by atoms with van der Waals surface area (Å²) in [5, 5.41) is 0. The standard InChI is InChI=1S/C25H32N4O3/c1-31-25(30)22-15-19(16-27-24(22)26)17-2-4-21-18(14-17)3-5-23(21)29-10-8-28(9-11-29)20-6-12-32-13-7-20/h2,4,14-16,20,23H,3,5-13H2,1H3,(H2,26,27). The van der Waals surface area contributed by atoms with Gasteiger partial charge in [-0.2, -0.15) is 0 Å². The second-order valence-corrected chi connectivity index (χ2v) is 9.03. The van der Waals surface area contributed by atoms with Gasteiger partial charge in [0.1, 0.15) is 11.4 Å². The lowest BCUT2D eigenvalue weighted by atomic mass is 9.99. The SMILES string of the molecule is COC(=O)c1cc(-c2ccc3c(c2)CCC3N2CCN(C3CCOCC3)CC2)cnc1N. The number of nitrogens with two attached hydrogens (primary N) is 1. The minimum Gasteiger partial charge on any atom is -0.465 e. The van der Waals surface area contributed by atoms with Crippen molar-refractivity contribution in [2.24, 2.45) is 0 Å². The molecule has 1 atom stereocenters. The normalized spacial score (nSPS) is 22.6. The van der Waals surface area contributed by atoms with E-state index in [1.54, 1.807) is 12.3 Å². The summed E-state index contributed by atoms with van der Waals surface area (Å²) in [6.07, 6.45) is 6.33. The van der Waals surface area contributed by atoms with Crippen molar-refractivity contribution in [2.75, 3.05) is 52.2 Å². The highest BCUT2D eigenvalue weighted by atomic mass is 16.5. The monoisotopic (exact) mass is 436 g/mol. The van der Waals surface area contributed by atoms with Crippen molar-refractivity contribution in [1.82, 2.24) is 14.8 Å². The topological polar surface area (TPSA) is 80.9 Å². The van der Waals surface area contributed by atoms with Gasteiger partial charge in [-0.1, -0.05) is 18.2 Å². The Morgan fingerprint density at radius 2 is 1.81 bits per heavy atom. The molecule has 2 N–H and O–H groups in total. The molecule has 0 saturated carbocycles. The smallest absolute Gasteiger partial charge is 0.341 e. The van der Waals surface area contributed by atoms with Crippen molar-refractivity contribution in [3.05, 3.63) is 47.2 Å². The number of carbonyl (C=O) groups is 1. The van der Waals surface area contributed by atoms with Crippen LogP contribution in [0.3, 0.4) is 0 Å². The van der Waals surface area contributed by atoms with Crippen LogP contribution in [0.4, 0.5) is 5.82 Å². The zero-order valence-electron chi connectivity index (χ0n) is 18.8. The molecule has 1 aliphatic carbocycles. The number of aryl methyl sites for hydroxylation is 1. The number of pyridine rings is 1. The van der Waals surface area contributed by atoms with E-state index in [1.807, 2.05) is 0 Å². The molecule has 0 amide bonds. The molecule has 2 fully saturated rings. The maximum Gasteiger partial charge on any atom is 0.341 e. The molecule has 2 saturated heterocycles. The first-order valence-electron chi connectivity index (χ1n) is 11.7. The number of fused-ring (bicyclic) bond motifs is 1. The molecule has 7 nitrogen and oxygen atoms in total. The molecular weight excluding hydrogens is 404 g/mol. The Kier molecular flexibility index (Phi) is 6.13. The van der Waals surface area contributed by atoms with Gasteiger partial charge in [0.05, 0.1) is 7.11 Å². The number of methoxy groups -OCH3 is 1.